The zero-order valence-corrected chi connectivity index (χ0v) is 14.0. The third-order valence-corrected chi connectivity index (χ3v) is 5.00. The number of nitro groups is 1. The number of hydrogen-bond donors (Lipinski definition) is 0. The molecule has 0 N–H and O–H groups in total. The van der Waals surface area contributed by atoms with Crippen LogP contribution in [0.1, 0.15) is 5.69 Å². The van der Waals surface area contributed by atoms with E-state index in [-0.39, 0.29) is 5.69 Å². The number of aromatic nitrogens is 2. The Morgan fingerprint density at radius 2 is 2.18 bits per heavy atom. The van der Waals surface area contributed by atoms with E-state index >= 15 is 0 Å². The first-order valence-electron chi connectivity index (χ1n) is 7.01. The summed E-state index contributed by atoms with van der Waals surface area (Å²) in [5.41, 5.74) is 1.14. The van der Waals surface area contributed by atoms with Gasteiger partial charge in [-0.25, -0.2) is 4.68 Å². The van der Waals surface area contributed by atoms with Crippen LogP contribution in [0.5, 0.6) is 0 Å². The van der Waals surface area contributed by atoms with E-state index in [4.69, 9.17) is 11.2 Å². The summed E-state index contributed by atoms with van der Waals surface area (Å²) in [6.45, 7) is 7.83. The monoisotopic (exact) mass is 317 g/mol. The molecule has 0 unspecified atom stereocenters. The lowest BCUT2D eigenvalue weighted by Gasteiger charge is -2.15. The number of hydrogen-bond acceptors (Lipinski definition) is 4. The minimum Gasteiger partial charge on any atom is -0.360 e. The molecule has 1 aromatic carbocycles. The summed E-state index contributed by atoms with van der Waals surface area (Å²) in [6.07, 6.45) is 5.44. The molecule has 0 amide bonds. The summed E-state index contributed by atoms with van der Waals surface area (Å²) < 4.78 is 7.32. The first-order valence-corrected chi connectivity index (χ1v) is 10.7. The van der Waals surface area contributed by atoms with Gasteiger partial charge in [-0.05, 0) is 18.0 Å². The molecule has 22 heavy (non-hydrogen) atoms. The minimum atomic E-state index is -1.13. The van der Waals surface area contributed by atoms with Gasteiger partial charge in [0, 0.05) is 32.2 Å². The van der Waals surface area contributed by atoms with Gasteiger partial charge in [0.15, 0.2) is 0 Å². The van der Waals surface area contributed by atoms with Gasteiger partial charge in [-0.3, -0.25) is 10.1 Å². The number of rotatable bonds is 6. The number of ether oxygens (including phenoxy) is 1. The first-order chi connectivity index (χ1) is 10.3. The van der Waals surface area contributed by atoms with Crippen LogP contribution in [0.3, 0.4) is 0 Å². The molecule has 0 aliphatic heterocycles. The molecule has 0 saturated carbocycles. The quantitative estimate of drug-likeness (QED) is 0.270. The lowest BCUT2D eigenvalue weighted by Crippen LogP contribution is -2.22. The summed E-state index contributed by atoms with van der Waals surface area (Å²) in [5.74, 6) is 2.47. The van der Waals surface area contributed by atoms with Crippen LogP contribution in [0.2, 0.25) is 25.7 Å². The van der Waals surface area contributed by atoms with Gasteiger partial charge < -0.3 is 4.74 Å². The van der Waals surface area contributed by atoms with Crippen molar-refractivity contribution in [1.82, 2.24) is 9.78 Å². The van der Waals surface area contributed by atoms with Crippen LogP contribution in [0.4, 0.5) is 5.69 Å². The molecule has 0 spiro atoms. The number of nitrogens with zero attached hydrogens (tertiary/aromatic N) is 3. The Labute approximate surface area is 130 Å². The Hall–Kier alpha value is -2.17. The molecule has 7 heteroatoms. The van der Waals surface area contributed by atoms with Gasteiger partial charge in [-0.15, -0.1) is 6.42 Å². The molecular weight excluding hydrogens is 298 g/mol. The lowest BCUT2D eigenvalue weighted by atomic mass is 10.2. The van der Waals surface area contributed by atoms with Gasteiger partial charge in [0.05, 0.1) is 10.4 Å². The summed E-state index contributed by atoms with van der Waals surface area (Å²) >= 11 is 0. The Morgan fingerprint density at radius 3 is 2.77 bits per heavy atom. The van der Waals surface area contributed by atoms with Crippen molar-refractivity contribution in [2.24, 2.45) is 0 Å². The van der Waals surface area contributed by atoms with Crippen molar-refractivity contribution in [3.63, 3.8) is 0 Å². The molecule has 2 rings (SSSR count). The van der Waals surface area contributed by atoms with E-state index in [1.165, 1.54) is 12.1 Å². The molecule has 0 saturated heterocycles. The van der Waals surface area contributed by atoms with Crippen LogP contribution in [-0.4, -0.2) is 29.4 Å². The van der Waals surface area contributed by atoms with Gasteiger partial charge >= 0.3 is 0 Å². The highest BCUT2D eigenvalue weighted by molar-refractivity contribution is 6.76. The predicted molar refractivity (Wildman–Crippen MR) is 88.4 cm³/mol. The highest BCUT2D eigenvalue weighted by Crippen LogP contribution is 2.23. The van der Waals surface area contributed by atoms with Crippen LogP contribution in [-0.2, 0) is 11.5 Å². The van der Waals surface area contributed by atoms with Crippen LogP contribution >= 0.6 is 0 Å². The van der Waals surface area contributed by atoms with Crippen LogP contribution < -0.4 is 0 Å². The zero-order valence-electron chi connectivity index (χ0n) is 13.0. The van der Waals surface area contributed by atoms with Crippen molar-refractivity contribution < 1.29 is 9.66 Å². The zero-order chi connectivity index (χ0) is 16.3. The van der Waals surface area contributed by atoms with Crippen LogP contribution in [0, 0.1) is 22.5 Å². The molecule has 116 valence electrons. The van der Waals surface area contributed by atoms with Crippen molar-refractivity contribution in [1.29, 1.82) is 0 Å². The third-order valence-electron chi connectivity index (χ3n) is 3.29. The van der Waals surface area contributed by atoms with Gasteiger partial charge in [-0.1, -0.05) is 19.6 Å². The molecule has 1 heterocycles. The Bertz CT molecular complexity index is 741. The highest BCUT2D eigenvalue weighted by atomic mass is 28.3. The van der Waals surface area contributed by atoms with E-state index in [1.807, 2.05) is 0 Å². The summed E-state index contributed by atoms with van der Waals surface area (Å²) in [7, 11) is -1.13. The average molecular weight is 317 g/mol. The van der Waals surface area contributed by atoms with Crippen LogP contribution in [0.15, 0.2) is 18.2 Å². The van der Waals surface area contributed by atoms with Gasteiger partial charge in [0.1, 0.15) is 12.4 Å². The van der Waals surface area contributed by atoms with Gasteiger partial charge in [0.2, 0.25) is 0 Å². The molecule has 0 aliphatic carbocycles. The predicted octanol–water partition coefficient (Wildman–Crippen LogP) is 3.24. The van der Waals surface area contributed by atoms with Gasteiger partial charge in [-0.2, -0.15) is 5.10 Å². The number of benzene rings is 1. The maximum absolute atomic E-state index is 10.9. The van der Waals surface area contributed by atoms with Crippen molar-refractivity contribution >= 4 is 24.7 Å². The number of terminal acetylenes is 1. The Kier molecular flexibility index (Phi) is 4.64. The number of non-ortho nitro benzene ring substituents is 1. The largest absolute Gasteiger partial charge is 0.360 e. The third kappa shape index (κ3) is 3.72. The summed E-state index contributed by atoms with van der Waals surface area (Å²) in [6, 6.07) is 5.63. The van der Waals surface area contributed by atoms with E-state index in [1.54, 1.807) is 10.7 Å². The Balaban J connectivity index is 2.21. The molecule has 0 atom stereocenters. The molecule has 2 aromatic rings. The maximum atomic E-state index is 10.9. The summed E-state index contributed by atoms with van der Waals surface area (Å²) in [5, 5.41) is 15.8. The van der Waals surface area contributed by atoms with Gasteiger partial charge in [0.25, 0.3) is 5.69 Å². The molecule has 0 aliphatic rings. The van der Waals surface area contributed by atoms with E-state index in [9.17, 15) is 10.1 Å². The van der Waals surface area contributed by atoms with E-state index in [0.717, 1.165) is 11.6 Å². The molecule has 0 radical (unpaired) electrons. The van der Waals surface area contributed by atoms with Crippen molar-refractivity contribution in [2.45, 2.75) is 32.4 Å². The average Bonchev–Trinajstić information content (AvgIpc) is 2.80. The fourth-order valence-corrected chi connectivity index (χ4v) is 2.77. The molecule has 1 aromatic heterocycles. The first kappa shape index (κ1) is 16.2. The Morgan fingerprint density at radius 1 is 1.45 bits per heavy atom. The van der Waals surface area contributed by atoms with Crippen molar-refractivity contribution in [3.05, 3.63) is 34.0 Å². The second kappa shape index (κ2) is 6.30. The topological polar surface area (TPSA) is 70.2 Å². The van der Waals surface area contributed by atoms with E-state index in [0.29, 0.717) is 24.4 Å². The normalized spacial score (nSPS) is 11.5. The van der Waals surface area contributed by atoms with Crippen molar-refractivity contribution in [2.75, 3.05) is 6.61 Å². The fourth-order valence-electron chi connectivity index (χ4n) is 2.02. The molecule has 0 bridgehead atoms. The fraction of sp³-hybridized carbons (Fsp3) is 0.400. The van der Waals surface area contributed by atoms with Crippen LogP contribution in [0.25, 0.3) is 10.9 Å². The standard InChI is InChI=1S/C15H19N3O3Si/c1-5-14-13-10-12(18(19)20)6-7-15(13)17(16-14)11-21-8-9-22(2,3)4/h1,6-7,10H,8-9,11H2,2-4H3. The second-order valence-electron chi connectivity index (χ2n) is 6.30. The lowest BCUT2D eigenvalue weighted by molar-refractivity contribution is -0.384. The molecular formula is C15H19N3O3Si. The SMILES string of the molecule is C#Cc1nn(COCC[Si](C)(C)C)c2ccc([N+](=O)[O-])cc12. The maximum Gasteiger partial charge on any atom is 0.270 e. The molecule has 6 nitrogen and oxygen atoms in total. The van der Waals surface area contributed by atoms with Crippen molar-refractivity contribution in [3.8, 4) is 12.3 Å². The minimum absolute atomic E-state index is 0.00296. The number of nitro benzene ring substituents is 1. The van der Waals surface area contributed by atoms with E-state index < -0.39 is 13.0 Å². The molecule has 0 fully saturated rings. The smallest absolute Gasteiger partial charge is 0.270 e. The summed E-state index contributed by atoms with van der Waals surface area (Å²) in [4.78, 5) is 10.4. The number of fused-ring (bicyclic) bond motifs is 1. The van der Waals surface area contributed by atoms with E-state index in [2.05, 4.69) is 30.7 Å². The second-order valence-corrected chi connectivity index (χ2v) is 11.9. The highest BCUT2D eigenvalue weighted by Gasteiger charge is 2.15.